The summed E-state index contributed by atoms with van der Waals surface area (Å²) in [6, 6.07) is 15.0. The number of nitrogens with one attached hydrogen (secondary N) is 1. The molecule has 0 bridgehead atoms. The van der Waals surface area contributed by atoms with Crippen LogP contribution in [0.25, 0.3) is 0 Å². The van der Waals surface area contributed by atoms with Crippen molar-refractivity contribution in [2.45, 2.75) is 33.4 Å². The van der Waals surface area contributed by atoms with Gasteiger partial charge in [-0.3, -0.25) is 0 Å². The molecule has 0 aliphatic rings. The lowest BCUT2D eigenvalue weighted by atomic mass is 10.1. The van der Waals surface area contributed by atoms with Crippen molar-refractivity contribution in [3.63, 3.8) is 0 Å². The summed E-state index contributed by atoms with van der Waals surface area (Å²) < 4.78 is 6.02. The van der Waals surface area contributed by atoms with E-state index in [1.54, 1.807) is 0 Å². The molecule has 0 spiro atoms. The first-order valence-corrected chi connectivity index (χ1v) is 7.06. The van der Waals surface area contributed by atoms with Gasteiger partial charge in [0, 0.05) is 11.6 Å². The molecule has 1 N–H and O–H groups in total. The van der Waals surface area contributed by atoms with Gasteiger partial charge in [0.05, 0.1) is 0 Å². The van der Waals surface area contributed by atoms with Crippen LogP contribution in [0.2, 0.25) is 0 Å². The smallest absolute Gasteiger partial charge is 0.124 e. The third kappa shape index (κ3) is 3.61. The van der Waals surface area contributed by atoms with Crippen molar-refractivity contribution >= 4 is 0 Å². The quantitative estimate of drug-likeness (QED) is 0.880. The molecule has 20 heavy (non-hydrogen) atoms. The number of rotatable bonds is 5. The molecular formula is C18H23NO. The number of aryl methyl sites for hydroxylation is 2. The summed E-state index contributed by atoms with van der Waals surface area (Å²) in [4.78, 5) is 0. The Morgan fingerprint density at radius 1 is 1.05 bits per heavy atom. The Labute approximate surface area is 121 Å². The van der Waals surface area contributed by atoms with Gasteiger partial charge in [0.25, 0.3) is 0 Å². The average molecular weight is 269 g/mol. The monoisotopic (exact) mass is 269 g/mol. The molecule has 0 aliphatic carbocycles. The molecule has 0 aliphatic heterocycles. The van der Waals surface area contributed by atoms with Crippen LogP contribution in [0.4, 0.5) is 0 Å². The fourth-order valence-corrected chi connectivity index (χ4v) is 2.44. The lowest BCUT2D eigenvalue weighted by molar-refractivity contribution is 0.300. The van der Waals surface area contributed by atoms with E-state index in [1.165, 1.54) is 22.3 Å². The van der Waals surface area contributed by atoms with E-state index in [2.05, 4.69) is 50.4 Å². The van der Waals surface area contributed by atoms with Crippen molar-refractivity contribution in [1.29, 1.82) is 0 Å². The SMILES string of the molecule is CNC(C)c1ccccc1OCc1cc(C)cc(C)c1. The van der Waals surface area contributed by atoms with E-state index < -0.39 is 0 Å². The first kappa shape index (κ1) is 14.6. The van der Waals surface area contributed by atoms with Crippen molar-refractivity contribution in [3.05, 3.63) is 64.7 Å². The molecule has 0 saturated heterocycles. The second-order valence-corrected chi connectivity index (χ2v) is 5.33. The molecule has 106 valence electrons. The Morgan fingerprint density at radius 2 is 1.70 bits per heavy atom. The minimum Gasteiger partial charge on any atom is -0.489 e. The Morgan fingerprint density at radius 3 is 2.35 bits per heavy atom. The lowest BCUT2D eigenvalue weighted by Crippen LogP contribution is -2.13. The number of hydrogen-bond acceptors (Lipinski definition) is 2. The summed E-state index contributed by atoms with van der Waals surface area (Å²) in [5.41, 5.74) is 4.97. The van der Waals surface area contributed by atoms with E-state index in [-0.39, 0.29) is 6.04 Å². The number of benzene rings is 2. The average Bonchev–Trinajstić information content (AvgIpc) is 2.43. The molecule has 2 rings (SSSR count). The zero-order chi connectivity index (χ0) is 14.5. The third-order valence-electron chi connectivity index (χ3n) is 3.49. The van der Waals surface area contributed by atoms with Crippen LogP contribution in [0.15, 0.2) is 42.5 Å². The Hall–Kier alpha value is -1.80. The number of para-hydroxylation sites is 1. The molecule has 1 atom stereocenters. The van der Waals surface area contributed by atoms with Crippen molar-refractivity contribution in [2.75, 3.05) is 7.05 Å². The maximum Gasteiger partial charge on any atom is 0.124 e. The Balaban J connectivity index is 2.14. The van der Waals surface area contributed by atoms with Crippen LogP contribution in [0.1, 0.15) is 35.2 Å². The lowest BCUT2D eigenvalue weighted by Gasteiger charge is -2.16. The highest BCUT2D eigenvalue weighted by Gasteiger charge is 2.09. The van der Waals surface area contributed by atoms with Gasteiger partial charge in [-0.1, -0.05) is 47.5 Å². The second-order valence-electron chi connectivity index (χ2n) is 5.33. The van der Waals surface area contributed by atoms with Gasteiger partial charge < -0.3 is 10.1 Å². The number of hydrogen-bond donors (Lipinski definition) is 1. The van der Waals surface area contributed by atoms with E-state index in [9.17, 15) is 0 Å². The fraction of sp³-hybridized carbons (Fsp3) is 0.333. The topological polar surface area (TPSA) is 21.3 Å². The van der Waals surface area contributed by atoms with Crippen molar-refractivity contribution in [3.8, 4) is 5.75 Å². The van der Waals surface area contributed by atoms with Gasteiger partial charge in [0.15, 0.2) is 0 Å². The normalized spacial score (nSPS) is 12.2. The van der Waals surface area contributed by atoms with Crippen LogP contribution < -0.4 is 10.1 Å². The second kappa shape index (κ2) is 6.58. The summed E-state index contributed by atoms with van der Waals surface area (Å²) in [5.74, 6) is 0.952. The molecule has 0 saturated carbocycles. The van der Waals surface area contributed by atoms with Gasteiger partial charge in [-0.2, -0.15) is 0 Å². The summed E-state index contributed by atoms with van der Waals surface area (Å²) in [6.07, 6.45) is 0. The minimum atomic E-state index is 0.283. The van der Waals surface area contributed by atoms with Crippen molar-refractivity contribution in [2.24, 2.45) is 0 Å². The van der Waals surface area contributed by atoms with Crippen molar-refractivity contribution in [1.82, 2.24) is 5.32 Å². The van der Waals surface area contributed by atoms with Gasteiger partial charge in [0.2, 0.25) is 0 Å². The molecule has 0 fully saturated rings. The van der Waals surface area contributed by atoms with E-state index in [4.69, 9.17) is 4.74 Å². The maximum atomic E-state index is 6.02. The first-order chi connectivity index (χ1) is 9.60. The van der Waals surface area contributed by atoms with Gasteiger partial charge in [0.1, 0.15) is 12.4 Å². The predicted octanol–water partition coefficient (Wildman–Crippen LogP) is 4.16. The zero-order valence-corrected chi connectivity index (χ0v) is 12.7. The van der Waals surface area contributed by atoms with Gasteiger partial charge in [-0.05, 0) is 39.4 Å². The molecule has 2 nitrogen and oxygen atoms in total. The first-order valence-electron chi connectivity index (χ1n) is 7.06. The Bertz CT molecular complexity index is 557. The molecule has 1 unspecified atom stereocenters. The van der Waals surface area contributed by atoms with Crippen LogP contribution in [-0.2, 0) is 6.61 Å². The summed E-state index contributed by atoms with van der Waals surface area (Å²) in [5, 5.41) is 3.26. The van der Waals surface area contributed by atoms with Crippen LogP contribution in [-0.4, -0.2) is 7.05 Å². The molecule has 0 aromatic heterocycles. The van der Waals surface area contributed by atoms with Crippen LogP contribution in [0, 0.1) is 13.8 Å². The van der Waals surface area contributed by atoms with E-state index in [0.29, 0.717) is 6.61 Å². The number of ether oxygens (including phenoxy) is 1. The highest BCUT2D eigenvalue weighted by Crippen LogP contribution is 2.25. The molecule has 0 radical (unpaired) electrons. The predicted molar refractivity (Wildman–Crippen MR) is 84.2 cm³/mol. The molecule has 0 amide bonds. The Kier molecular flexibility index (Phi) is 4.80. The van der Waals surface area contributed by atoms with Crippen LogP contribution in [0.3, 0.4) is 0 Å². The minimum absolute atomic E-state index is 0.283. The van der Waals surface area contributed by atoms with Gasteiger partial charge in [-0.25, -0.2) is 0 Å². The molecule has 0 heterocycles. The summed E-state index contributed by atoms with van der Waals surface area (Å²) in [6.45, 7) is 6.98. The van der Waals surface area contributed by atoms with Crippen LogP contribution in [0.5, 0.6) is 5.75 Å². The molecule has 2 aromatic carbocycles. The van der Waals surface area contributed by atoms with Gasteiger partial charge in [-0.15, -0.1) is 0 Å². The zero-order valence-electron chi connectivity index (χ0n) is 12.7. The van der Waals surface area contributed by atoms with E-state index in [0.717, 1.165) is 5.75 Å². The molecular weight excluding hydrogens is 246 g/mol. The summed E-state index contributed by atoms with van der Waals surface area (Å²) in [7, 11) is 1.96. The van der Waals surface area contributed by atoms with Crippen LogP contribution >= 0.6 is 0 Å². The third-order valence-corrected chi connectivity index (χ3v) is 3.49. The highest BCUT2D eigenvalue weighted by atomic mass is 16.5. The van der Waals surface area contributed by atoms with Crippen molar-refractivity contribution < 1.29 is 4.74 Å². The van der Waals surface area contributed by atoms with E-state index in [1.807, 2.05) is 25.2 Å². The van der Waals surface area contributed by atoms with Gasteiger partial charge >= 0.3 is 0 Å². The fourth-order valence-electron chi connectivity index (χ4n) is 2.44. The standard InChI is InChI=1S/C18H23NO/c1-13-9-14(2)11-16(10-13)12-20-18-8-6-5-7-17(18)15(3)19-4/h5-11,15,19H,12H2,1-4H3. The molecule has 2 aromatic rings. The largest absolute Gasteiger partial charge is 0.489 e. The summed E-state index contributed by atoms with van der Waals surface area (Å²) >= 11 is 0. The highest BCUT2D eigenvalue weighted by molar-refractivity contribution is 5.36. The molecule has 2 heteroatoms. The maximum absolute atomic E-state index is 6.02. The van der Waals surface area contributed by atoms with E-state index >= 15 is 0 Å².